The number of amides is 1. The average molecular weight is 273 g/mol. The summed E-state index contributed by atoms with van der Waals surface area (Å²) in [7, 11) is 0. The molecule has 1 amide bonds. The Bertz CT molecular complexity index is 599. The number of carbonyl (C=O) groups excluding carboxylic acids is 1. The van der Waals surface area contributed by atoms with Gasteiger partial charge in [-0.3, -0.25) is 4.79 Å². The molecule has 0 saturated carbocycles. The van der Waals surface area contributed by atoms with Gasteiger partial charge >= 0.3 is 0 Å². The van der Waals surface area contributed by atoms with Gasteiger partial charge in [0, 0.05) is 6.07 Å². The fourth-order valence-corrected chi connectivity index (χ4v) is 2.03. The number of aromatic hydroxyl groups is 1. The minimum atomic E-state index is -0.731. The van der Waals surface area contributed by atoms with Gasteiger partial charge in [0.15, 0.2) is 0 Å². The summed E-state index contributed by atoms with van der Waals surface area (Å²) in [5, 5.41) is 12.0. The third kappa shape index (κ3) is 3.15. The highest BCUT2D eigenvalue weighted by Crippen LogP contribution is 2.19. The topological polar surface area (TPSA) is 49.3 Å². The molecule has 0 aliphatic carbocycles. The molecule has 1 atom stereocenters. The van der Waals surface area contributed by atoms with E-state index in [9.17, 15) is 9.18 Å². The van der Waals surface area contributed by atoms with Gasteiger partial charge in [0.05, 0.1) is 11.6 Å². The van der Waals surface area contributed by atoms with Crippen LogP contribution < -0.4 is 5.32 Å². The quantitative estimate of drug-likeness (QED) is 0.896. The molecule has 0 bridgehead atoms. The van der Waals surface area contributed by atoms with Crippen molar-refractivity contribution in [2.45, 2.75) is 19.4 Å². The number of halogens is 1. The monoisotopic (exact) mass is 273 g/mol. The van der Waals surface area contributed by atoms with Crippen LogP contribution in [0.3, 0.4) is 0 Å². The SMILES string of the molecule is CCC(NC(=O)c1ccc(O)cc1F)c1ccccc1. The number of benzene rings is 2. The van der Waals surface area contributed by atoms with E-state index in [0.29, 0.717) is 6.42 Å². The zero-order valence-electron chi connectivity index (χ0n) is 11.1. The second-order valence-corrected chi connectivity index (χ2v) is 4.51. The first-order valence-electron chi connectivity index (χ1n) is 6.46. The van der Waals surface area contributed by atoms with Crippen LogP contribution in [0, 0.1) is 5.82 Å². The third-order valence-electron chi connectivity index (χ3n) is 3.11. The number of rotatable bonds is 4. The summed E-state index contributed by atoms with van der Waals surface area (Å²) in [5.74, 6) is -1.42. The van der Waals surface area contributed by atoms with Gasteiger partial charge in [-0.1, -0.05) is 37.3 Å². The molecule has 3 nitrogen and oxygen atoms in total. The molecule has 0 spiro atoms. The molecular weight excluding hydrogens is 257 g/mol. The molecule has 0 heterocycles. The van der Waals surface area contributed by atoms with E-state index in [-0.39, 0.29) is 17.4 Å². The summed E-state index contributed by atoms with van der Waals surface area (Å²) in [6, 6.07) is 12.9. The van der Waals surface area contributed by atoms with Crippen molar-refractivity contribution in [2.24, 2.45) is 0 Å². The lowest BCUT2D eigenvalue weighted by molar-refractivity contribution is 0.0931. The van der Waals surface area contributed by atoms with Gasteiger partial charge < -0.3 is 10.4 Å². The van der Waals surface area contributed by atoms with Crippen LogP contribution in [0.25, 0.3) is 0 Å². The molecule has 2 aromatic carbocycles. The van der Waals surface area contributed by atoms with Crippen LogP contribution in [0.1, 0.15) is 35.3 Å². The van der Waals surface area contributed by atoms with Gasteiger partial charge in [0.2, 0.25) is 0 Å². The lowest BCUT2D eigenvalue weighted by atomic mass is 10.0. The van der Waals surface area contributed by atoms with Crippen LogP contribution in [0.2, 0.25) is 0 Å². The third-order valence-corrected chi connectivity index (χ3v) is 3.11. The van der Waals surface area contributed by atoms with Crippen LogP contribution in [0.5, 0.6) is 5.75 Å². The Balaban J connectivity index is 2.17. The van der Waals surface area contributed by atoms with Gasteiger partial charge in [-0.05, 0) is 24.1 Å². The van der Waals surface area contributed by atoms with Gasteiger partial charge in [-0.2, -0.15) is 0 Å². The molecule has 0 fully saturated rings. The fraction of sp³-hybridized carbons (Fsp3) is 0.188. The predicted molar refractivity (Wildman–Crippen MR) is 75.0 cm³/mol. The number of phenolic OH excluding ortho intramolecular Hbond substituents is 1. The van der Waals surface area contributed by atoms with Gasteiger partial charge in [-0.15, -0.1) is 0 Å². The number of hydrogen-bond donors (Lipinski definition) is 2. The van der Waals surface area contributed by atoms with Crippen molar-refractivity contribution in [1.29, 1.82) is 0 Å². The lowest BCUT2D eigenvalue weighted by Gasteiger charge is -2.17. The number of phenols is 1. The lowest BCUT2D eigenvalue weighted by Crippen LogP contribution is -2.28. The second kappa shape index (κ2) is 6.19. The van der Waals surface area contributed by atoms with Crippen molar-refractivity contribution in [3.8, 4) is 5.75 Å². The zero-order valence-corrected chi connectivity index (χ0v) is 11.1. The summed E-state index contributed by atoms with van der Waals surface area (Å²) >= 11 is 0. The van der Waals surface area contributed by atoms with E-state index >= 15 is 0 Å². The molecule has 0 aliphatic rings. The molecule has 104 valence electrons. The van der Waals surface area contributed by atoms with Crippen molar-refractivity contribution >= 4 is 5.91 Å². The fourth-order valence-electron chi connectivity index (χ4n) is 2.03. The number of hydrogen-bond acceptors (Lipinski definition) is 2. The number of carbonyl (C=O) groups is 1. The van der Waals surface area contributed by atoms with Crippen LogP contribution >= 0.6 is 0 Å². The van der Waals surface area contributed by atoms with Crippen LogP contribution in [0.15, 0.2) is 48.5 Å². The smallest absolute Gasteiger partial charge is 0.254 e. The first kappa shape index (κ1) is 14.1. The Hall–Kier alpha value is -2.36. The van der Waals surface area contributed by atoms with Crippen molar-refractivity contribution in [1.82, 2.24) is 5.32 Å². The minimum absolute atomic E-state index is 0.0721. The molecule has 2 rings (SSSR count). The Kier molecular flexibility index (Phi) is 4.35. The molecule has 1 unspecified atom stereocenters. The minimum Gasteiger partial charge on any atom is -0.508 e. The Morgan fingerprint density at radius 3 is 2.55 bits per heavy atom. The summed E-state index contributed by atoms with van der Waals surface area (Å²) in [6.07, 6.45) is 0.704. The zero-order chi connectivity index (χ0) is 14.5. The van der Waals surface area contributed by atoms with Gasteiger partial charge in [0.25, 0.3) is 5.91 Å². The summed E-state index contributed by atoms with van der Waals surface area (Å²) in [4.78, 5) is 12.1. The number of nitrogens with one attached hydrogen (secondary N) is 1. The van der Waals surface area contributed by atoms with Crippen molar-refractivity contribution in [3.63, 3.8) is 0 Å². The van der Waals surface area contributed by atoms with E-state index in [2.05, 4.69) is 5.32 Å². The molecule has 0 saturated heterocycles. The van der Waals surface area contributed by atoms with Crippen molar-refractivity contribution in [3.05, 3.63) is 65.5 Å². The van der Waals surface area contributed by atoms with Gasteiger partial charge in [0.1, 0.15) is 11.6 Å². The maximum Gasteiger partial charge on any atom is 0.254 e. The van der Waals surface area contributed by atoms with E-state index in [1.807, 2.05) is 37.3 Å². The van der Waals surface area contributed by atoms with E-state index in [4.69, 9.17) is 5.11 Å². The first-order valence-corrected chi connectivity index (χ1v) is 6.46. The summed E-state index contributed by atoms with van der Waals surface area (Å²) in [6.45, 7) is 1.95. The summed E-state index contributed by atoms with van der Waals surface area (Å²) < 4.78 is 13.6. The molecule has 20 heavy (non-hydrogen) atoms. The van der Waals surface area contributed by atoms with E-state index < -0.39 is 11.7 Å². The van der Waals surface area contributed by atoms with Crippen LogP contribution in [0.4, 0.5) is 4.39 Å². The molecular formula is C16H16FNO2. The van der Waals surface area contributed by atoms with E-state index in [0.717, 1.165) is 11.6 Å². The molecule has 2 aromatic rings. The van der Waals surface area contributed by atoms with Crippen LogP contribution in [-0.2, 0) is 0 Å². The standard InChI is InChI=1S/C16H16FNO2/c1-2-15(11-6-4-3-5-7-11)18-16(20)13-9-8-12(19)10-14(13)17/h3-10,15,19H,2H2,1H3,(H,18,20). The highest BCUT2D eigenvalue weighted by Gasteiger charge is 2.17. The van der Waals surface area contributed by atoms with E-state index in [1.54, 1.807) is 0 Å². The Morgan fingerprint density at radius 1 is 1.25 bits per heavy atom. The second-order valence-electron chi connectivity index (χ2n) is 4.51. The highest BCUT2D eigenvalue weighted by molar-refractivity contribution is 5.94. The Labute approximate surface area is 117 Å². The maximum absolute atomic E-state index is 13.6. The normalized spacial score (nSPS) is 11.9. The first-order chi connectivity index (χ1) is 9.61. The highest BCUT2D eigenvalue weighted by atomic mass is 19.1. The molecule has 0 aromatic heterocycles. The van der Waals surface area contributed by atoms with Gasteiger partial charge in [-0.25, -0.2) is 4.39 Å². The van der Waals surface area contributed by atoms with Crippen molar-refractivity contribution in [2.75, 3.05) is 0 Å². The van der Waals surface area contributed by atoms with Crippen LogP contribution in [-0.4, -0.2) is 11.0 Å². The summed E-state index contributed by atoms with van der Waals surface area (Å²) in [5.41, 5.74) is 0.903. The Morgan fingerprint density at radius 2 is 1.95 bits per heavy atom. The predicted octanol–water partition coefficient (Wildman–Crippen LogP) is 3.41. The largest absolute Gasteiger partial charge is 0.508 e. The van der Waals surface area contributed by atoms with Crippen molar-refractivity contribution < 1.29 is 14.3 Å². The van der Waals surface area contributed by atoms with E-state index in [1.165, 1.54) is 12.1 Å². The average Bonchev–Trinajstić information content (AvgIpc) is 2.45. The molecule has 0 aliphatic heterocycles. The maximum atomic E-state index is 13.6. The molecule has 4 heteroatoms. The molecule has 2 N–H and O–H groups in total. The molecule has 0 radical (unpaired) electrons.